The van der Waals surface area contributed by atoms with E-state index in [1.54, 1.807) is 19.2 Å². The van der Waals surface area contributed by atoms with E-state index in [1.165, 1.54) is 0 Å². The Morgan fingerprint density at radius 3 is 2.71 bits per heavy atom. The van der Waals surface area contributed by atoms with Crippen molar-refractivity contribution in [3.8, 4) is 0 Å². The molecule has 3 aromatic heterocycles. The predicted octanol–water partition coefficient (Wildman–Crippen LogP) is 2.84. The van der Waals surface area contributed by atoms with Crippen LogP contribution in [0.15, 0.2) is 18.5 Å². The number of rotatable bonds is 4. The van der Waals surface area contributed by atoms with Gasteiger partial charge in [-0.3, -0.25) is 0 Å². The smallest absolute Gasteiger partial charge is 0.360 e. The molecule has 1 N–H and O–H groups in total. The van der Waals surface area contributed by atoms with Gasteiger partial charge in [-0.15, -0.1) is 5.10 Å². The summed E-state index contributed by atoms with van der Waals surface area (Å²) in [5, 5.41) is 6.67. The van der Waals surface area contributed by atoms with Gasteiger partial charge in [-0.25, -0.2) is 9.97 Å². The summed E-state index contributed by atoms with van der Waals surface area (Å²) < 4.78 is 41.5. The van der Waals surface area contributed by atoms with E-state index in [0.717, 1.165) is 16.9 Å². The lowest BCUT2D eigenvalue weighted by Crippen LogP contribution is -2.16. The fourth-order valence-corrected chi connectivity index (χ4v) is 2.46. The van der Waals surface area contributed by atoms with Gasteiger partial charge in [0.15, 0.2) is 0 Å². The molecule has 3 aromatic rings. The summed E-state index contributed by atoms with van der Waals surface area (Å²) in [5.74, 6) is -0.169. The van der Waals surface area contributed by atoms with Crippen LogP contribution in [0.25, 0.3) is 5.78 Å². The molecule has 0 radical (unpaired) electrons. The van der Waals surface area contributed by atoms with Gasteiger partial charge in [0, 0.05) is 30.7 Å². The molecule has 3 heterocycles. The van der Waals surface area contributed by atoms with Gasteiger partial charge in [-0.1, -0.05) is 0 Å². The van der Waals surface area contributed by atoms with Crippen LogP contribution in [0.2, 0.25) is 0 Å². The fourth-order valence-electron chi connectivity index (χ4n) is 2.46. The standard InChI is InChI=1S/C14H16F3N7/c1-4-23-6-5-18-11(23)9(3)20-10-7-8(2)19-13-21-12(14(15,16)17)22-24(10)13/h5-7,9,20H,4H2,1-3H3/t9-/m0/s1. The van der Waals surface area contributed by atoms with E-state index >= 15 is 0 Å². The van der Waals surface area contributed by atoms with Crippen molar-refractivity contribution in [3.63, 3.8) is 0 Å². The third kappa shape index (κ3) is 2.91. The van der Waals surface area contributed by atoms with Crippen LogP contribution in [-0.4, -0.2) is 29.1 Å². The molecule has 0 unspecified atom stereocenters. The largest absolute Gasteiger partial charge is 0.453 e. The van der Waals surface area contributed by atoms with Crippen LogP contribution in [0, 0.1) is 6.92 Å². The molecule has 128 valence electrons. The number of nitrogens with zero attached hydrogens (tertiary/aromatic N) is 6. The molecule has 0 saturated carbocycles. The van der Waals surface area contributed by atoms with Crippen LogP contribution in [0.3, 0.4) is 0 Å². The molecule has 0 aromatic carbocycles. The number of anilines is 1. The predicted molar refractivity (Wildman–Crippen MR) is 80.5 cm³/mol. The minimum absolute atomic E-state index is 0.101. The van der Waals surface area contributed by atoms with Crippen molar-refractivity contribution >= 4 is 11.6 Å². The summed E-state index contributed by atoms with van der Waals surface area (Å²) in [4.78, 5) is 11.8. The van der Waals surface area contributed by atoms with E-state index in [9.17, 15) is 13.2 Å². The van der Waals surface area contributed by atoms with Gasteiger partial charge < -0.3 is 9.88 Å². The second kappa shape index (κ2) is 5.77. The summed E-state index contributed by atoms with van der Waals surface area (Å²) >= 11 is 0. The zero-order chi connectivity index (χ0) is 17.5. The molecular formula is C14H16F3N7. The Balaban J connectivity index is 2.01. The second-order valence-electron chi connectivity index (χ2n) is 5.37. The van der Waals surface area contributed by atoms with Crippen molar-refractivity contribution in [3.05, 3.63) is 35.8 Å². The number of nitrogens with one attached hydrogen (secondary N) is 1. The summed E-state index contributed by atoms with van der Waals surface area (Å²) in [6.45, 7) is 6.29. The van der Waals surface area contributed by atoms with Crippen molar-refractivity contribution in [1.29, 1.82) is 0 Å². The highest BCUT2D eigenvalue weighted by atomic mass is 19.4. The zero-order valence-corrected chi connectivity index (χ0v) is 13.3. The third-order valence-electron chi connectivity index (χ3n) is 3.53. The molecule has 0 aliphatic carbocycles. The average molecular weight is 339 g/mol. The van der Waals surface area contributed by atoms with Crippen LogP contribution in [-0.2, 0) is 12.7 Å². The number of hydrogen-bond acceptors (Lipinski definition) is 5. The van der Waals surface area contributed by atoms with Gasteiger partial charge in [0.1, 0.15) is 11.6 Å². The maximum Gasteiger partial charge on any atom is 0.453 e. The highest BCUT2D eigenvalue weighted by molar-refractivity contribution is 5.46. The molecule has 0 amide bonds. The van der Waals surface area contributed by atoms with Gasteiger partial charge in [0.2, 0.25) is 0 Å². The van der Waals surface area contributed by atoms with Crippen LogP contribution < -0.4 is 5.32 Å². The van der Waals surface area contributed by atoms with E-state index in [-0.39, 0.29) is 11.8 Å². The first-order chi connectivity index (χ1) is 11.3. The Labute approximate surface area is 135 Å². The third-order valence-corrected chi connectivity index (χ3v) is 3.53. The maximum absolute atomic E-state index is 12.8. The van der Waals surface area contributed by atoms with E-state index < -0.39 is 12.0 Å². The number of aryl methyl sites for hydroxylation is 2. The Morgan fingerprint density at radius 1 is 1.29 bits per heavy atom. The van der Waals surface area contributed by atoms with Gasteiger partial charge in [0.25, 0.3) is 11.6 Å². The molecule has 0 spiro atoms. The van der Waals surface area contributed by atoms with Gasteiger partial charge in [0.05, 0.1) is 6.04 Å². The minimum Gasteiger partial charge on any atom is -0.360 e. The van der Waals surface area contributed by atoms with Crippen molar-refractivity contribution in [2.75, 3.05) is 5.32 Å². The first-order valence-corrected chi connectivity index (χ1v) is 7.38. The molecule has 1 atom stereocenters. The molecule has 0 fully saturated rings. The SMILES string of the molecule is CCn1ccnc1[C@H](C)Nc1cc(C)nc2nc(C(F)(F)F)nn12. The monoisotopic (exact) mass is 339 g/mol. The fraction of sp³-hybridized carbons (Fsp3) is 0.429. The molecule has 0 bridgehead atoms. The van der Waals surface area contributed by atoms with Gasteiger partial charge in [-0.05, 0) is 20.8 Å². The number of halogens is 3. The maximum atomic E-state index is 12.8. The molecule has 3 rings (SSSR count). The molecule has 7 nitrogen and oxygen atoms in total. The van der Waals surface area contributed by atoms with Gasteiger partial charge in [-0.2, -0.15) is 22.7 Å². The molecule has 0 aliphatic rings. The number of imidazole rings is 1. The Bertz CT molecular complexity index is 865. The Hall–Kier alpha value is -2.65. The van der Waals surface area contributed by atoms with Crippen LogP contribution >= 0.6 is 0 Å². The summed E-state index contributed by atoms with van der Waals surface area (Å²) in [6.07, 6.45) is -1.09. The van der Waals surface area contributed by atoms with Crippen molar-refractivity contribution in [2.24, 2.45) is 0 Å². The highest BCUT2D eigenvalue weighted by Gasteiger charge is 2.37. The number of aromatic nitrogens is 6. The summed E-state index contributed by atoms with van der Waals surface area (Å²) in [7, 11) is 0. The molecule has 0 aliphatic heterocycles. The minimum atomic E-state index is -4.62. The van der Waals surface area contributed by atoms with E-state index in [0.29, 0.717) is 11.5 Å². The van der Waals surface area contributed by atoms with E-state index in [2.05, 4.69) is 25.4 Å². The molecular weight excluding hydrogens is 323 g/mol. The first-order valence-electron chi connectivity index (χ1n) is 7.38. The van der Waals surface area contributed by atoms with Crippen LogP contribution in [0.5, 0.6) is 0 Å². The number of hydrogen-bond donors (Lipinski definition) is 1. The lowest BCUT2D eigenvalue weighted by Gasteiger charge is -2.16. The Morgan fingerprint density at radius 2 is 2.04 bits per heavy atom. The summed E-state index contributed by atoms with van der Waals surface area (Å²) in [6, 6.07) is 1.39. The quantitative estimate of drug-likeness (QED) is 0.791. The number of fused-ring (bicyclic) bond motifs is 1. The molecule has 10 heteroatoms. The van der Waals surface area contributed by atoms with Crippen molar-refractivity contribution in [1.82, 2.24) is 29.1 Å². The normalized spacial score (nSPS) is 13.4. The molecule has 24 heavy (non-hydrogen) atoms. The van der Waals surface area contributed by atoms with Crippen molar-refractivity contribution < 1.29 is 13.2 Å². The van der Waals surface area contributed by atoms with Crippen LogP contribution in [0.4, 0.5) is 19.0 Å². The Kier molecular flexibility index (Phi) is 3.90. The number of alkyl halides is 3. The second-order valence-corrected chi connectivity index (χ2v) is 5.37. The lowest BCUT2D eigenvalue weighted by atomic mass is 10.3. The highest BCUT2D eigenvalue weighted by Crippen LogP contribution is 2.27. The molecule has 0 saturated heterocycles. The first kappa shape index (κ1) is 16.2. The topological polar surface area (TPSA) is 72.9 Å². The summed E-state index contributed by atoms with van der Waals surface area (Å²) in [5.41, 5.74) is 0.539. The average Bonchev–Trinajstić information content (AvgIpc) is 3.12. The van der Waals surface area contributed by atoms with Gasteiger partial charge >= 0.3 is 6.18 Å². The lowest BCUT2D eigenvalue weighted by molar-refractivity contribution is -0.144. The van der Waals surface area contributed by atoms with E-state index in [4.69, 9.17) is 0 Å². The zero-order valence-electron chi connectivity index (χ0n) is 13.3. The van der Waals surface area contributed by atoms with Crippen LogP contribution in [0.1, 0.15) is 37.2 Å². The van der Waals surface area contributed by atoms with Crippen molar-refractivity contribution in [2.45, 2.75) is 39.5 Å². The van der Waals surface area contributed by atoms with E-state index in [1.807, 2.05) is 24.6 Å².